The molecule has 19 heavy (non-hydrogen) atoms. The fourth-order valence-corrected chi connectivity index (χ4v) is 1.93. The molecule has 0 saturated carbocycles. The summed E-state index contributed by atoms with van der Waals surface area (Å²) in [6.45, 7) is 2.77. The highest BCUT2D eigenvalue weighted by Crippen LogP contribution is 2.11. The molecule has 2 rings (SSSR count). The molecule has 1 N–H and O–H groups in total. The molecular formula is C12H20N4O3. The Morgan fingerprint density at radius 1 is 1.58 bits per heavy atom. The molecule has 1 saturated heterocycles. The van der Waals surface area contributed by atoms with Crippen molar-refractivity contribution in [2.75, 3.05) is 26.4 Å². The number of ether oxygens (including phenoxy) is 2. The van der Waals surface area contributed by atoms with Crippen LogP contribution in [0.3, 0.4) is 0 Å². The zero-order valence-corrected chi connectivity index (χ0v) is 11.0. The molecular weight excluding hydrogens is 248 g/mol. The quantitative estimate of drug-likeness (QED) is 0.670. The van der Waals surface area contributed by atoms with E-state index in [0.717, 1.165) is 32.4 Å². The second-order valence-electron chi connectivity index (χ2n) is 4.52. The normalized spacial score (nSPS) is 18.6. The van der Waals surface area contributed by atoms with Crippen molar-refractivity contribution in [1.29, 1.82) is 0 Å². The van der Waals surface area contributed by atoms with Crippen LogP contribution in [0.25, 0.3) is 0 Å². The maximum atomic E-state index is 11.5. The first-order valence-electron chi connectivity index (χ1n) is 6.65. The van der Waals surface area contributed by atoms with E-state index in [1.54, 1.807) is 17.1 Å². The van der Waals surface area contributed by atoms with Gasteiger partial charge < -0.3 is 14.8 Å². The Kier molecular flexibility index (Phi) is 5.77. The molecule has 0 spiro atoms. The van der Waals surface area contributed by atoms with Crippen molar-refractivity contribution in [3.8, 4) is 0 Å². The Morgan fingerprint density at radius 3 is 3.26 bits per heavy atom. The fourth-order valence-electron chi connectivity index (χ4n) is 1.93. The number of amides is 1. The number of aromatic nitrogens is 3. The summed E-state index contributed by atoms with van der Waals surface area (Å²) in [4.78, 5) is 11.5. The van der Waals surface area contributed by atoms with Crippen LogP contribution in [0.1, 0.15) is 19.3 Å². The van der Waals surface area contributed by atoms with Gasteiger partial charge in [-0.15, -0.1) is 5.10 Å². The highest BCUT2D eigenvalue weighted by Gasteiger charge is 2.15. The van der Waals surface area contributed by atoms with Crippen molar-refractivity contribution < 1.29 is 14.3 Å². The van der Waals surface area contributed by atoms with Crippen molar-refractivity contribution in [1.82, 2.24) is 20.3 Å². The van der Waals surface area contributed by atoms with E-state index in [1.807, 2.05) is 0 Å². The van der Waals surface area contributed by atoms with E-state index in [1.165, 1.54) is 0 Å². The van der Waals surface area contributed by atoms with Crippen molar-refractivity contribution >= 4 is 5.91 Å². The standard InChI is InChI=1S/C12H20N4O3/c17-12(10-18-9-11-3-1-8-19-11)13-4-2-6-16-7-5-14-15-16/h5,7,11H,1-4,6,8-10H2,(H,13,17)/t11-/m0/s1. The van der Waals surface area contributed by atoms with E-state index in [9.17, 15) is 4.79 Å². The zero-order valence-electron chi connectivity index (χ0n) is 11.0. The third-order valence-electron chi connectivity index (χ3n) is 2.92. The monoisotopic (exact) mass is 268 g/mol. The molecule has 1 amide bonds. The van der Waals surface area contributed by atoms with Crippen molar-refractivity contribution in [3.05, 3.63) is 12.4 Å². The Morgan fingerprint density at radius 2 is 2.53 bits per heavy atom. The Bertz CT molecular complexity index is 363. The zero-order chi connectivity index (χ0) is 13.3. The van der Waals surface area contributed by atoms with E-state index < -0.39 is 0 Å². The second kappa shape index (κ2) is 7.85. The lowest BCUT2D eigenvalue weighted by Gasteiger charge is -2.10. The summed E-state index contributed by atoms with van der Waals surface area (Å²) in [6.07, 6.45) is 6.53. The molecule has 0 unspecified atom stereocenters. The van der Waals surface area contributed by atoms with Crippen LogP contribution >= 0.6 is 0 Å². The average Bonchev–Trinajstić information content (AvgIpc) is 3.07. The van der Waals surface area contributed by atoms with Crippen LogP contribution in [0.5, 0.6) is 0 Å². The molecule has 0 aliphatic carbocycles. The van der Waals surface area contributed by atoms with Crippen LogP contribution in [-0.2, 0) is 20.8 Å². The number of hydrogen-bond donors (Lipinski definition) is 1. The number of hydrogen-bond acceptors (Lipinski definition) is 5. The van der Waals surface area contributed by atoms with Gasteiger partial charge in [-0.1, -0.05) is 5.21 Å². The summed E-state index contributed by atoms with van der Waals surface area (Å²) >= 11 is 0. The molecule has 0 bridgehead atoms. The maximum absolute atomic E-state index is 11.5. The summed E-state index contributed by atoms with van der Waals surface area (Å²) in [5.41, 5.74) is 0. The second-order valence-corrected chi connectivity index (χ2v) is 4.52. The van der Waals surface area contributed by atoms with Crippen LogP contribution in [0.2, 0.25) is 0 Å². The van der Waals surface area contributed by atoms with Gasteiger partial charge in [-0.25, -0.2) is 0 Å². The van der Waals surface area contributed by atoms with Gasteiger partial charge in [-0.2, -0.15) is 0 Å². The molecule has 106 valence electrons. The summed E-state index contributed by atoms with van der Waals surface area (Å²) in [5.74, 6) is -0.0865. The number of aryl methyl sites for hydroxylation is 1. The lowest BCUT2D eigenvalue weighted by Crippen LogP contribution is -2.30. The number of carbonyl (C=O) groups excluding carboxylic acids is 1. The van der Waals surface area contributed by atoms with E-state index in [2.05, 4.69) is 15.6 Å². The molecule has 1 aliphatic heterocycles. The van der Waals surface area contributed by atoms with Crippen LogP contribution in [-0.4, -0.2) is 53.4 Å². The van der Waals surface area contributed by atoms with Crippen LogP contribution in [0, 0.1) is 0 Å². The van der Waals surface area contributed by atoms with Gasteiger partial charge in [0.25, 0.3) is 0 Å². The van der Waals surface area contributed by atoms with Crippen LogP contribution < -0.4 is 5.32 Å². The van der Waals surface area contributed by atoms with Crippen molar-refractivity contribution in [2.24, 2.45) is 0 Å². The molecule has 7 nitrogen and oxygen atoms in total. The highest BCUT2D eigenvalue weighted by atomic mass is 16.5. The summed E-state index contributed by atoms with van der Waals surface area (Å²) in [5, 5.41) is 10.4. The average molecular weight is 268 g/mol. The van der Waals surface area contributed by atoms with E-state index in [4.69, 9.17) is 9.47 Å². The van der Waals surface area contributed by atoms with Gasteiger partial charge in [0.15, 0.2) is 0 Å². The largest absolute Gasteiger partial charge is 0.376 e. The first kappa shape index (κ1) is 14.0. The van der Waals surface area contributed by atoms with Gasteiger partial charge in [-0.05, 0) is 19.3 Å². The van der Waals surface area contributed by atoms with Gasteiger partial charge in [0.2, 0.25) is 5.91 Å². The lowest BCUT2D eigenvalue weighted by atomic mass is 10.2. The number of rotatable bonds is 8. The van der Waals surface area contributed by atoms with Crippen molar-refractivity contribution in [2.45, 2.75) is 31.9 Å². The summed E-state index contributed by atoms with van der Waals surface area (Å²) in [7, 11) is 0. The Balaban J connectivity index is 1.45. The highest BCUT2D eigenvalue weighted by molar-refractivity contribution is 5.77. The van der Waals surface area contributed by atoms with Crippen LogP contribution in [0.4, 0.5) is 0 Å². The van der Waals surface area contributed by atoms with Crippen LogP contribution in [0.15, 0.2) is 12.4 Å². The first-order chi connectivity index (χ1) is 9.34. The molecule has 1 fully saturated rings. The molecule has 7 heteroatoms. The summed E-state index contributed by atoms with van der Waals surface area (Å²) < 4.78 is 12.5. The van der Waals surface area contributed by atoms with E-state index in [0.29, 0.717) is 13.2 Å². The van der Waals surface area contributed by atoms with E-state index in [-0.39, 0.29) is 18.6 Å². The van der Waals surface area contributed by atoms with Gasteiger partial charge in [0.05, 0.1) is 18.9 Å². The smallest absolute Gasteiger partial charge is 0.246 e. The Labute approximate surface area is 112 Å². The van der Waals surface area contributed by atoms with Gasteiger partial charge in [0.1, 0.15) is 6.61 Å². The first-order valence-corrected chi connectivity index (χ1v) is 6.65. The van der Waals surface area contributed by atoms with Crippen molar-refractivity contribution in [3.63, 3.8) is 0 Å². The third-order valence-corrected chi connectivity index (χ3v) is 2.92. The van der Waals surface area contributed by atoms with E-state index >= 15 is 0 Å². The molecule has 0 radical (unpaired) electrons. The minimum absolute atomic E-state index is 0.0865. The molecule has 1 atom stereocenters. The lowest BCUT2D eigenvalue weighted by molar-refractivity contribution is -0.126. The third kappa shape index (κ3) is 5.35. The minimum Gasteiger partial charge on any atom is -0.376 e. The summed E-state index contributed by atoms with van der Waals surface area (Å²) in [6, 6.07) is 0. The van der Waals surface area contributed by atoms with Gasteiger partial charge in [-0.3, -0.25) is 9.48 Å². The molecule has 1 aromatic heterocycles. The fraction of sp³-hybridized carbons (Fsp3) is 0.750. The van der Waals surface area contributed by atoms with Gasteiger partial charge in [0, 0.05) is 25.9 Å². The minimum atomic E-state index is -0.0865. The SMILES string of the molecule is O=C(COC[C@@H]1CCCO1)NCCCn1ccnn1. The molecule has 0 aromatic carbocycles. The Hall–Kier alpha value is -1.47. The number of nitrogens with zero attached hydrogens (tertiary/aromatic N) is 3. The van der Waals surface area contributed by atoms with Gasteiger partial charge >= 0.3 is 0 Å². The molecule has 2 heterocycles. The molecule has 1 aromatic rings. The predicted octanol–water partition coefficient (Wildman–Crippen LogP) is -0.0200. The predicted molar refractivity (Wildman–Crippen MR) is 67.4 cm³/mol. The molecule has 1 aliphatic rings. The number of carbonyl (C=O) groups is 1. The number of nitrogens with one attached hydrogen (secondary N) is 1. The topological polar surface area (TPSA) is 78.3 Å². The maximum Gasteiger partial charge on any atom is 0.246 e.